The van der Waals surface area contributed by atoms with E-state index in [0.717, 1.165) is 32.9 Å². The second-order valence-electron chi connectivity index (χ2n) is 13.0. The number of fused-ring (bicyclic) bond motifs is 6. The van der Waals surface area contributed by atoms with E-state index in [9.17, 15) is 51.1 Å². The molecule has 278 valence electrons. The van der Waals surface area contributed by atoms with Crippen LogP contribution in [0.25, 0.3) is 49.4 Å². The van der Waals surface area contributed by atoms with Crippen molar-refractivity contribution in [1.29, 1.82) is 0 Å². The third-order valence-corrected chi connectivity index (χ3v) is 9.79. The van der Waals surface area contributed by atoms with Crippen molar-refractivity contribution >= 4 is 49.6 Å². The number of para-hydroxylation sites is 3. The van der Waals surface area contributed by atoms with E-state index in [4.69, 9.17) is 10.2 Å². The monoisotopic (exact) mass is 744 g/mol. The fourth-order valence-corrected chi connectivity index (χ4v) is 7.12. The zero-order valence-electron chi connectivity index (χ0n) is 28.6. The van der Waals surface area contributed by atoms with E-state index in [1.165, 1.54) is 6.92 Å². The molecule has 8 rings (SSSR count). The first-order chi connectivity index (χ1) is 26.3. The molecule has 0 aliphatic rings. The SMILES string of the molecule is CC(NC(N=C(N)c1cccc2c1oc1ccc(-n3c4ccccc4c4ccccc43)cc12)c1c(O)c(O)c(O)c(O)c1O)c1c(O)c(O)c(O)c(O)c1O. The van der Waals surface area contributed by atoms with Gasteiger partial charge in [-0.05, 0) is 43.3 Å². The van der Waals surface area contributed by atoms with Crippen molar-refractivity contribution in [3.8, 4) is 63.2 Å². The highest BCUT2D eigenvalue weighted by molar-refractivity contribution is 6.15. The molecule has 0 amide bonds. The van der Waals surface area contributed by atoms with Crippen LogP contribution in [0.4, 0.5) is 0 Å². The number of benzene rings is 6. The maximum absolute atomic E-state index is 10.9. The van der Waals surface area contributed by atoms with Gasteiger partial charge in [0, 0.05) is 33.3 Å². The van der Waals surface area contributed by atoms with Crippen LogP contribution in [0.3, 0.4) is 0 Å². The number of phenolic OH excluding ortho intramolecular Hbond substituents is 10. The van der Waals surface area contributed by atoms with Gasteiger partial charge in [-0.15, -0.1) is 0 Å². The van der Waals surface area contributed by atoms with Crippen molar-refractivity contribution in [3.63, 3.8) is 0 Å². The minimum Gasteiger partial charge on any atom is -0.504 e. The van der Waals surface area contributed by atoms with E-state index in [0.29, 0.717) is 16.6 Å². The predicted molar refractivity (Wildman–Crippen MR) is 203 cm³/mol. The number of nitrogens with two attached hydrogens (primary N) is 1. The van der Waals surface area contributed by atoms with Gasteiger partial charge in [-0.1, -0.05) is 48.5 Å². The number of aromatic hydroxyl groups is 10. The summed E-state index contributed by atoms with van der Waals surface area (Å²) in [5, 5.41) is 110. The Morgan fingerprint density at radius 2 is 1.07 bits per heavy atom. The minimum absolute atomic E-state index is 0.239. The Bertz CT molecular complexity index is 2800. The van der Waals surface area contributed by atoms with Gasteiger partial charge in [0.1, 0.15) is 23.2 Å². The van der Waals surface area contributed by atoms with Crippen LogP contribution < -0.4 is 11.1 Å². The zero-order chi connectivity index (χ0) is 39.0. The summed E-state index contributed by atoms with van der Waals surface area (Å²) < 4.78 is 8.47. The molecule has 55 heavy (non-hydrogen) atoms. The van der Waals surface area contributed by atoms with Gasteiger partial charge in [-0.25, -0.2) is 4.99 Å². The number of nitrogens with zero attached hydrogens (tertiary/aromatic N) is 2. The third kappa shape index (κ3) is 5.13. The lowest BCUT2D eigenvalue weighted by Gasteiger charge is -2.25. The van der Waals surface area contributed by atoms with Crippen molar-refractivity contribution in [2.45, 2.75) is 19.1 Å². The van der Waals surface area contributed by atoms with E-state index in [2.05, 4.69) is 27.0 Å². The number of hydrogen-bond donors (Lipinski definition) is 12. The van der Waals surface area contributed by atoms with Crippen molar-refractivity contribution in [2.24, 2.45) is 10.7 Å². The van der Waals surface area contributed by atoms with Gasteiger partial charge in [0.15, 0.2) is 23.0 Å². The average molecular weight is 745 g/mol. The zero-order valence-corrected chi connectivity index (χ0v) is 28.6. The molecule has 0 aliphatic heterocycles. The normalized spacial score (nSPS) is 13.3. The third-order valence-electron chi connectivity index (χ3n) is 9.79. The highest BCUT2D eigenvalue weighted by Gasteiger charge is 2.33. The van der Waals surface area contributed by atoms with E-state index >= 15 is 0 Å². The van der Waals surface area contributed by atoms with Crippen LogP contribution in [0.5, 0.6) is 57.5 Å². The van der Waals surface area contributed by atoms with Crippen LogP contribution in [0, 0.1) is 0 Å². The van der Waals surface area contributed by atoms with Gasteiger partial charge in [0.05, 0.1) is 27.7 Å². The number of furan rings is 1. The molecule has 2 atom stereocenters. The summed E-state index contributed by atoms with van der Waals surface area (Å²) in [4.78, 5) is 4.44. The van der Waals surface area contributed by atoms with E-state index in [-0.39, 0.29) is 11.4 Å². The lowest BCUT2D eigenvalue weighted by molar-refractivity contribution is 0.309. The molecule has 0 bridgehead atoms. The first kappa shape index (κ1) is 34.4. The Labute approximate surface area is 309 Å². The minimum atomic E-state index is -1.77. The molecule has 2 aromatic heterocycles. The number of phenols is 10. The molecule has 0 fully saturated rings. The van der Waals surface area contributed by atoms with Gasteiger partial charge in [0.2, 0.25) is 34.5 Å². The number of nitrogens with one attached hydrogen (secondary N) is 1. The van der Waals surface area contributed by atoms with Crippen LogP contribution >= 0.6 is 0 Å². The van der Waals surface area contributed by atoms with E-state index < -0.39 is 80.8 Å². The number of rotatable bonds is 7. The van der Waals surface area contributed by atoms with Crippen LogP contribution in [-0.2, 0) is 0 Å². The molecule has 0 aliphatic carbocycles. The first-order valence-electron chi connectivity index (χ1n) is 16.7. The lowest BCUT2D eigenvalue weighted by atomic mass is 10.0. The van der Waals surface area contributed by atoms with Crippen LogP contribution in [0.1, 0.15) is 35.8 Å². The molecule has 15 heteroatoms. The Balaban J connectivity index is 1.28. The van der Waals surface area contributed by atoms with E-state index in [1.807, 2.05) is 60.7 Å². The van der Waals surface area contributed by atoms with Gasteiger partial charge >= 0.3 is 0 Å². The van der Waals surface area contributed by atoms with Crippen molar-refractivity contribution in [2.75, 3.05) is 0 Å². The largest absolute Gasteiger partial charge is 0.504 e. The second kappa shape index (κ2) is 12.5. The smallest absolute Gasteiger partial charge is 0.208 e. The maximum atomic E-state index is 10.9. The number of hydrogen-bond acceptors (Lipinski definition) is 13. The topological polar surface area (TPSA) is 271 Å². The molecule has 0 spiro atoms. The molecule has 15 nitrogen and oxygen atoms in total. The summed E-state index contributed by atoms with van der Waals surface area (Å²) in [5.74, 6) is -11.8. The van der Waals surface area contributed by atoms with Crippen molar-refractivity contribution in [1.82, 2.24) is 9.88 Å². The standard InChI is InChI=1S/C40H32N4O11/c1-16(26-28(45)32(49)36(53)33(50)29(26)46)42-40(27-30(47)34(51)37(54)35(52)31(27)48)43-39(41)21-10-6-9-20-22-15-17(13-14-25(22)55-38(20)21)44-23-11-4-2-7-18(23)19-8-3-5-12-24(19)44/h2-16,40,42,45-54H,1H3,(H2,41,43). The molecule has 6 aromatic carbocycles. The summed E-state index contributed by atoms with van der Waals surface area (Å²) in [5.41, 5.74) is 9.29. The molecule has 0 radical (unpaired) electrons. The molecular weight excluding hydrogens is 712 g/mol. The van der Waals surface area contributed by atoms with Gasteiger partial charge < -0.3 is 65.8 Å². The molecule has 8 aromatic rings. The fourth-order valence-electron chi connectivity index (χ4n) is 7.12. The molecule has 2 heterocycles. The summed E-state index contributed by atoms with van der Waals surface area (Å²) in [6, 6.07) is 25.7. The average Bonchev–Trinajstić information content (AvgIpc) is 3.73. The van der Waals surface area contributed by atoms with Crippen LogP contribution in [0.2, 0.25) is 0 Å². The van der Waals surface area contributed by atoms with Gasteiger partial charge in [-0.3, -0.25) is 5.32 Å². The Morgan fingerprint density at radius 3 is 1.64 bits per heavy atom. The molecule has 2 unspecified atom stereocenters. The molecular formula is C40H32N4O11. The molecule has 0 saturated heterocycles. The predicted octanol–water partition coefficient (Wildman–Crippen LogP) is 6.49. The fraction of sp³-hybridized carbons (Fsp3) is 0.0750. The quantitative estimate of drug-likeness (QED) is 0.0360. The summed E-state index contributed by atoms with van der Waals surface area (Å²) >= 11 is 0. The van der Waals surface area contributed by atoms with Gasteiger partial charge in [-0.2, -0.15) is 0 Å². The summed E-state index contributed by atoms with van der Waals surface area (Å²) in [7, 11) is 0. The first-order valence-corrected chi connectivity index (χ1v) is 16.7. The lowest BCUT2D eigenvalue weighted by Crippen LogP contribution is -2.27. The Hall–Kier alpha value is -7.65. The number of aromatic nitrogens is 1. The number of amidine groups is 1. The van der Waals surface area contributed by atoms with Crippen molar-refractivity contribution in [3.05, 3.63) is 102 Å². The maximum Gasteiger partial charge on any atom is 0.208 e. The highest BCUT2D eigenvalue weighted by atomic mass is 16.4. The van der Waals surface area contributed by atoms with Crippen LogP contribution in [0.15, 0.2) is 94.3 Å². The van der Waals surface area contributed by atoms with E-state index in [1.54, 1.807) is 12.1 Å². The molecule has 0 saturated carbocycles. The summed E-state index contributed by atoms with van der Waals surface area (Å²) in [6.45, 7) is 1.30. The summed E-state index contributed by atoms with van der Waals surface area (Å²) in [6.07, 6.45) is -1.77. The second-order valence-corrected chi connectivity index (χ2v) is 13.0. The number of aliphatic imine (C=N–C) groups is 1. The molecule has 13 N–H and O–H groups in total. The Morgan fingerprint density at radius 1 is 0.582 bits per heavy atom. The van der Waals surface area contributed by atoms with Crippen LogP contribution in [-0.4, -0.2) is 61.5 Å². The van der Waals surface area contributed by atoms with Gasteiger partial charge in [0.25, 0.3) is 0 Å². The van der Waals surface area contributed by atoms with Crippen molar-refractivity contribution < 1.29 is 55.5 Å². The highest BCUT2D eigenvalue weighted by Crippen LogP contribution is 2.55. The Kier molecular flexibility index (Phi) is 7.82.